The SMILES string of the molecule is CCCCc1ccc(NS(=O)(=O)c2cc(C(=O)OCc3ccc(C(=O)OC)cc3)ccc2C)cc1. The van der Waals surface area contributed by atoms with Gasteiger partial charge in [-0.25, -0.2) is 18.0 Å². The normalized spacial score (nSPS) is 11.1. The molecule has 0 aliphatic heterocycles. The lowest BCUT2D eigenvalue weighted by atomic mass is 10.1. The van der Waals surface area contributed by atoms with Crippen LogP contribution in [0, 0.1) is 6.92 Å². The Hall–Kier alpha value is -3.65. The Morgan fingerprint density at radius 2 is 1.49 bits per heavy atom. The Bertz CT molecular complexity index is 1280. The highest BCUT2D eigenvalue weighted by molar-refractivity contribution is 7.92. The molecular weight excluding hydrogens is 466 g/mol. The molecule has 3 aromatic rings. The van der Waals surface area contributed by atoms with E-state index in [1.54, 1.807) is 49.4 Å². The third-order valence-electron chi connectivity index (χ3n) is 5.48. The molecule has 0 saturated heterocycles. The molecule has 3 aromatic carbocycles. The van der Waals surface area contributed by atoms with Crippen molar-refractivity contribution in [1.29, 1.82) is 0 Å². The maximum Gasteiger partial charge on any atom is 0.338 e. The van der Waals surface area contributed by atoms with Crippen LogP contribution >= 0.6 is 0 Å². The van der Waals surface area contributed by atoms with Gasteiger partial charge in [-0.2, -0.15) is 0 Å². The zero-order chi connectivity index (χ0) is 25.4. The summed E-state index contributed by atoms with van der Waals surface area (Å²) in [7, 11) is -2.61. The van der Waals surface area contributed by atoms with E-state index in [9.17, 15) is 18.0 Å². The van der Waals surface area contributed by atoms with E-state index in [1.165, 1.54) is 19.2 Å². The summed E-state index contributed by atoms with van der Waals surface area (Å²) in [6.07, 6.45) is 3.11. The van der Waals surface area contributed by atoms with Gasteiger partial charge in [0.1, 0.15) is 6.61 Å². The second-order valence-electron chi connectivity index (χ2n) is 8.15. The molecule has 0 aliphatic carbocycles. The molecule has 35 heavy (non-hydrogen) atoms. The minimum atomic E-state index is -3.91. The summed E-state index contributed by atoms with van der Waals surface area (Å²) < 4.78 is 38.7. The number of esters is 2. The van der Waals surface area contributed by atoms with Crippen molar-refractivity contribution in [3.8, 4) is 0 Å². The molecule has 0 radical (unpaired) electrons. The van der Waals surface area contributed by atoms with Gasteiger partial charge in [0.05, 0.1) is 23.1 Å². The van der Waals surface area contributed by atoms with Crippen molar-refractivity contribution in [3.63, 3.8) is 0 Å². The Morgan fingerprint density at radius 3 is 2.11 bits per heavy atom. The van der Waals surface area contributed by atoms with Crippen LogP contribution in [0.5, 0.6) is 0 Å². The van der Waals surface area contributed by atoms with Crippen molar-refractivity contribution in [1.82, 2.24) is 0 Å². The topological polar surface area (TPSA) is 98.8 Å². The molecule has 0 amide bonds. The number of ether oxygens (including phenoxy) is 2. The number of benzene rings is 3. The van der Waals surface area contributed by atoms with E-state index in [0.717, 1.165) is 24.8 Å². The number of rotatable bonds is 10. The number of methoxy groups -OCH3 is 1. The maximum atomic E-state index is 13.0. The van der Waals surface area contributed by atoms with Crippen molar-refractivity contribution in [2.45, 2.75) is 44.6 Å². The van der Waals surface area contributed by atoms with Crippen LogP contribution in [0.15, 0.2) is 71.6 Å². The summed E-state index contributed by atoms with van der Waals surface area (Å²) in [6, 6.07) is 18.2. The number of sulfonamides is 1. The van der Waals surface area contributed by atoms with Crippen LogP contribution in [-0.4, -0.2) is 27.5 Å². The summed E-state index contributed by atoms with van der Waals surface area (Å²) in [4.78, 5) is 24.1. The molecule has 3 rings (SSSR count). The van der Waals surface area contributed by atoms with Crippen molar-refractivity contribution in [2.24, 2.45) is 0 Å². The number of hydrogen-bond acceptors (Lipinski definition) is 6. The molecule has 184 valence electrons. The highest BCUT2D eigenvalue weighted by atomic mass is 32.2. The highest BCUT2D eigenvalue weighted by Crippen LogP contribution is 2.22. The number of unbranched alkanes of at least 4 members (excludes halogenated alkanes) is 1. The number of carbonyl (C=O) groups excluding carboxylic acids is 2. The summed E-state index contributed by atoms with van der Waals surface area (Å²) >= 11 is 0. The fourth-order valence-corrected chi connectivity index (χ4v) is 4.76. The van der Waals surface area contributed by atoms with Crippen molar-refractivity contribution in [2.75, 3.05) is 11.8 Å². The molecular formula is C27H29NO6S. The van der Waals surface area contributed by atoms with Gasteiger partial charge in [0.2, 0.25) is 0 Å². The van der Waals surface area contributed by atoms with Crippen LogP contribution in [-0.2, 0) is 32.5 Å². The summed E-state index contributed by atoms with van der Waals surface area (Å²) in [5.41, 5.74) is 3.29. The van der Waals surface area contributed by atoms with Gasteiger partial charge >= 0.3 is 11.9 Å². The fraction of sp³-hybridized carbons (Fsp3) is 0.259. The van der Waals surface area contributed by atoms with E-state index in [1.807, 2.05) is 12.1 Å². The van der Waals surface area contributed by atoms with Crippen LogP contribution in [0.25, 0.3) is 0 Å². The third-order valence-corrected chi connectivity index (χ3v) is 7.01. The van der Waals surface area contributed by atoms with E-state index in [0.29, 0.717) is 22.4 Å². The largest absolute Gasteiger partial charge is 0.465 e. The van der Waals surface area contributed by atoms with Crippen molar-refractivity contribution >= 4 is 27.6 Å². The molecule has 0 aliphatic rings. The van der Waals surface area contributed by atoms with Crippen LogP contribution < -0.4 is 4.72 Å². The van der Waals surface area contributed by atoms with Crippen molar-refractivity contribution in [3.05, 3.63) is 94.5 Å². The molecule has 0 aromatic heterocycles. The molecule has 8 heteroatoms. The first-order valence-corrected chi connectivity index (χ1v) is 12.8. The van der Waals surface area contributed by atoms with Gasteiger partial charge in [-0.1, -0.05) is 43.7 Å². The number of anilines is 1. The van der Waals surface area contributed by atoms with Crippen LogP contribution in [0.4, 0.5) is 5.69 Å². The smallest absolute Gasteiger partial charge is 0.338 e. The van der Waals surface area contributed by atoms with Crippen LogP contribution in [0.2, 0.25) is 0 Å². The number of carbonyl (C=O) groups is 2. The van der Waals surface area contributed by atoms with Gasteiger partial charge in [-0.05, 0) is 72.9 Å². The summed E-state index contributed by atoms with van der Waals surface area (Å²) in [6.45, 7) is 3.76. The zero-order valence-electron chi connectivity index (χ0n) is 20.0. The minimum Gasteiger partial charge on any atom is -0.465 e. The second-order valence-corrected chi connectivity index (χ2v) is 9.80. The van der Waals surface area contributed by atoms with Crippen LogP contribution in [0.1, 0.15) is 57.2 Å². The minimum absolute atomic E-state index is 0.00411. The Kier molecular flexibility index (Phi) is 8.65. The maximum absolute atomic E-state index is 13.0. The van der Waals surface area contributed by atoms with E-state index in [-0.39, 0.29) is 17.1 Å². The van der Waals surface area contributed by atoms with E-state index < -0.39 is 22.0 Å². The molecule has 0 unspecified atom stereocenters. The van der Waals surface area contributed by atoms with E-state index >= 15 is 0 Å². The third kappa shape index (κ3) is 6.93. The van der Waals surface area contributed by atoms with Gasteiger partial charge < -0.3 is 9.47 Å². The summed E-state index contributed by atoms with van der Waals surface area (Å²) in [5.74, 6) is -1.11. The van der Waals surface area contributed by atoms with Gasteiger partial charge in [-0.3, -0.25) is 4.72 Å². The lowest BCUT2D eigenvalue weighted by Crippen LogP contribution is -2.15. The number of hydrogen-bond donors (Lipinski definition) is 1. The molecule has 7 nitrogen and oxygen atoms in total. The molecule has 0 bridgehead atoms. The predicted octanol–water partition coefficient (Wildman–Crippen LogP) is 5.28. The first kappa shape index (κ1) is 26.0. The monoisotopic (exact) mass is 495 g/mol. The Morgan fingerprint density at radius 1 is 0.857 bits per heavy atom. The average molecular weight is 496 g/mol. The lowest BCUT2D eigenvalue weighted by Gasteiger charge is -2.12. The quantitative estimate of drug-likeness (QED) is 0.384. The number of nitrogens with one attached hydrogen (secondary N) is 1. The predicted molar refractivity (Wildman–Crippen MR) is 134 cm³/mol. The van der Waals surface area contributed by atoms with E-state index in [2.05, 4.69) is 16.4 Å². The zero-order valence-corrected chi connectivity index (χ0v) is 20.9. The first-order chi connectivity index (χ1) is 16.7. The molecule has 1 N–H and O–H groups in total. The second kappa shape index (κ2) is 11.7. The van der Waals surface area contributed by atoms with Gasteiger partial charge in [0.15, 0.2) is 0 Å². The van der Waals surface area contributed by atoms with E-state index in [4.69, 9.17) is 4.74 Å². The Labute approximate surface area is 206 Å². The molecule has 0 fully saturated rings. The molecule has 0 atom stereocenters. The van der Waals surface area contributed by atoms with Gasteiger partial charge in [0.25, 0.3) is 10.0 Å². The van der Waals surface area contributed by atoms with Crippen LogP contribution in [0.3, 0.4) is 0 Å². The lowest BCUT2D eigenvalue weighted by molar-refractivity contribution is 0.0471. The Balaban J connectivity index is 1.70. The van der Waals surface area contributed by atoms with Gasteiger partial charge in [-0.15, -0.1) is 0 Å². The molecule has 0 spiro atoms. The molecule has 0 heterocycles. The standard InChI is InChI=1S/C27H29NO6S/c1-4-5-6-20-10-15-24(16-11-20)28-35(31,32)25-17-23(12-7-19(25)2)27(30)34-18-21-8-13-22(14-9-21)26(29)33-3/h7-17,28H,4-6,18H2,1-3H3. The molecule has 0 saturated carbocycles. The van der Waals surface area contributed by atoms with Crippen molar-refractivity contribution < 1.29 is 27.5 Å². The average Bonchev–Trinajstić information content (AvgIpc) is 2.86. The summed E-state index contributed by atoms with van der Waals surface area (Å²) in [5, 5.41) is 0. The van der Waals surface area contributed by atoms with Gasteiger partial charge in [0, 0.05) is 5.69 Å². The first-order valence-electron chi connectivity index (χ1n) is 11.3. The fourth-order valence-electron chi connectivity index (χ4n) is 3.43. The highest BCUT2D eigenvalue weighted by Gasteiger charge is 2.20. The number of aryl methyl sites for hydroxylation is 2.